The molecule has 0 radical (unpaired) electrons. The largest absolute Gasteiger partial charge is 0.329 e. The van der Waals surface area contributed by atoms with Gasteiger partial charge in [-0.15, -0.1) is 0 Å². The van der Waals surface area contributed by atoms with E-state index in [1.807, 2.05) is 6.92 Å². The maximum Gasteiger partial charge on any atom is 0.270 e. The zero-order chi connectivity index (χ0) is 20.0. The van der Waals surface area contributed by atoms with Crippen molar-refractivity contribution in [2.45, 2.75) is 13.3 Å². The van der Waals surface area contributed by atoms with Crippen molar-refractivity contribution < 1.29 is 14.5 Å². The first kappa shape index (κ1) is 20.7. The fourth-order valence-corrected chi connectivity index (χ4v) is 2.75. The summed E-state index contributed by atoms with van der Waals surface area (Å²) in [5.41, 5.74) is 0.298. The van der Waals surface area contributed by atoms with Gasteiger partial charge in [-0.2, -0.15) is 0 Å². The van der Waals surface area contributed by atoms with Gasteiger partial charge in [-0.05, 0) is 30.7 Å². The number of nitrogens with one attached hydrogen (secondary N) is 1. The van der Waals surface area contributed by atoms with Crippen LogP contribution in [-0.4, -0.2) is 34.7 Å². The number of hydrogen-bond acceptors (Lipinski definition) is 4. The third kappa shape index (κ3) is 5.67. The van der Waals surface area contributed by atoms with Crippen LogP contribution in [0.4, 0.5) is 11.4 Å². The van der Waals surface area contributed by atoms with Crippen molar-refractivity contribution in [1.29, 1.82) is 0 Å². The van der Waals surface area contributed by atoms with E-state index < -0.39 is 16.7 Å². The minimum atomic E-state index is -0.575. The van der Waals surface area contributed by atoms with E-state index in [1.165, 1.54) is 35.2 Å². The minimum Gasteiger partial charge on any atom is -0.329 e. The van der Waals surface area contributed by atoms with Gasteiger partial charge in [0.2, 0.25) is 5.91 Å². The van der Waals surface area contributed by atoms with E-state index >= 15 is 0 Å². The number of non-ortho nitro benzene ring substituents is 1. The number of rotatable bonds is 7. The van der Waals surface area contributed by atoms with Crippen molar-refractivity contribution in [3.8, 4) is 0 Å². The molecule has 9 heteroatoms. The fourth-order valence-electron chi connectivity index (χ4n) is 2.41. The molecule has 1 N–H and O–H groups in total. The molecule has 0 saturated carbocycles. The SMILES string of the molecule is CCCN(CC(=O)Nc1cc(Cl)ccc1Cl)C(=O)c1cccc([N+](=O)[O-])c1. The van der Waals surface area contributed by atoms with Crippen molar-refractivity contribution in [2.24, 2.45) is 0 Å². The van der Waals surface area contributed by atoms with Crippen LogP contribution in [0.3, 0.4) is 0 Å². The third-order valence-electron chi connectivity index (χ3n) is 3.62. The number of nitro benzene ring substituents is 1. The number of carbonyl (C=O) groups is 2. The number of nitrogens with zero attached hydrogens (tertiary/aromatic N) is 2. The highest BCUT2D eigenvalue weighted by Gasteiger charge is 2.20. The van der Waals surface area contributed by atoms with Crippen molar-refractivity contribution in [1.82, 2.24) is 4.90 Å². The molecule has 27 heavy (non-hydrogen) atoms. The fraction of sp³-hybridized carbons (Fsp3) is 0.222. The highest BCUT2D eigenvalue weighted by atomic mass is 35.5. The highest BCUT2D eigenvalue weighted by molar-refractivity contribution is 6.35. The van der Waals surface area contributed by atoms with Gasteiger partial charge in [0.05, 0.1) is 15.6 Å². The minimum absolute atomic E-state index is 0.145. The lowest BCUT2D eigenvalue weighted by atomic mass is 10.1. The lowest BCUT2D eigenvalue weighted by molar-refractivity contribution is -0.384. The Bertz CT molecular complexity index is 873. The molecule has 0 spiro atoms. The molecular formula is C18H17Cl2N3O4. The smallest absolute Gasteiger partial charge is 0.270 e. The maximum absolute atomic E-state index is 12.7. The lowest BCUT2D eigenvalue weighted by Gasteiger charge is -2.22. The van der Waals surface area contributed by atoms with E-state index in [0.29, 0.717) is 28.7 Å². The molecule has 0 fully saturated rings. The quantitative estimate of drug-likeness (QED) is 0.541. The Morgan fingerprint density at radius 1 is 1.19 bits per heavy atom. The molecule has 0 saturated heterocycles. The van der Waals surface area contributed by atoms with Crippen LogP contribution in [0.25, 0.3) is 0 Å². The maximum atomic E-state index is 12.7. The second-order valence-electron chi connectivity index (χ2n) is 5.71. The molecule has 142 valence electrons. The van der Waals surface area contributed by atoms with Crippen LogP contribution in [0.5, 0.6) is 0 Å². The van der Waals surface area contributed by atoms with Gasteiger partial charge in [-0.3, -0.25) is 19.7 Å². The van der Waals surface area contributed by atoms with E-state index in [0.717, 1.165) is 0 Å². The molecule has 0 bridgehead atoms. The predicted octanol–water partition coefficient (Wildman–Crippen LogP) is 4.39. The topological polar surface area (TPSA) is 92.6 Å². The summed E-state index contributed by atoms with van der Waals surface area (Å²) in [4.78, 5) is 36.7. The summed E-state index contributed by atoms with van der Waals surface area (Å²) in [6.45, 7) is 1.95. The number of nitro groups is 1. The Morgan fingerprint density at radius 3 is 2.59 bits per heavy atom. The summed E-state index contributed by atoms with van der Waals surface area (Å²) in [6, 6.07) is 10.1. The van der Waals surface area contributed by atoms with E-state index in [2.05, 4.69) is 5.32 Å². The molecular weight excluding hydrogens is 393 g/mol. The molecule has 0 aromatic heterocycles. The Kier molecular flexibility index (Phi) is 7.15. The second-order valence-corrected chi connectivity index (χ2v) is 6.55. The molecule has 0 atom stereocenters. The molecule has 2 rings (SSSR count). The van der Waals surface area contributed by atoms with Crippen LogP contribution in [-0.2, 0) is 4.79 Å². The van der Waals surface area contributed by atoms with Gasteiger partial charge < -0.3 is 10.2 Å². The summed E-state index contributed by atoms with van der Waals surface area (Å²) in [6.07, 6.45) is 0.617. The molecule has 2 aromatic rings. The van der Waals surface area contributed by atoms with E-state index in [1.54, 1.807) is 12.1 Å². The van der Waals surface area contributed by atoms with Gasteiger partial charge >= 0.3 is 0 Å². The average molecular weight is 410 g/mol. The molecule has 0 aliphatic heterocycles. The van der Waals surface area contributed by atoms with Crippen LogP contribution in [0.1, 0.15) is 23.7 Å². The van der Waals surface area contributed by atoms with Gasteiger partial charge in [0.15, 0.2) is 0 Å². The Balaban J connectivity index is 2.15. The average Bonchev–Trinajstić information content (AvgIpc) is 2.64. The van der Waals surface area contributed by atoms with Crippen molar-refractivity contribution >= 4 is 46.4 Å². The molecule has 0 aliphatic rings. The Morgan fingerprint density at radius 2 is 1.93 bits per heavy atom. The molecule has 0 unspecified atom stereocenters. The van der Waals surface area contributed by atoms with Gasteiger partial charge in [0, 0.05) is 29.3 Å². The zero-order valence-electron chi connectivity index (χ0n) is 14.4. The lowest BCUT2D eigenvalue weighted by Crippen LogP contribution is -2.38. The number of halogens is 2. The summed E-state index contributed by atoms with van der Waals surface area (Å²) >= 11 is 11.9. The zero-order valence-corrected chi connectivity index (χ0v) is 16.0. The number of hydrogen-bond donors (Lipinski definition) is 1. The van der Waals surface area contributed by atoms with Crippen LogP contribution >= 0.6 is 23.2 Å². The Labute approximate surface area is 166 Å². The van der Waals surface area contributed by atoms with Crippen molar-refractivity contribution in [3.05, 3.63) is 68.2 Å². The van der Waals surface area contributed by atoms with Crippen LogP contribution < -0.4 is 5.32 Å². The molecule has 0 aliphatic carbocycles. The number of benzene rings is 2. The van der Waals surface area contributed by atoms with Crippen LogP contribution in [0.2, 0.25) is 10.0 Å². The molecule has 0 heterocycles. The first-order valence-corrected chi connectivity index (χ1v) is 8.86. The summed E-state index contributed by atoms with van der Waals surface area (Å²) in [7, 11) is 0. The van der Waals surface area contributed by atoms with E-state index in [-0.39, 0.29) is 17.8 Å². The van der Waals surface area contributed by atoms with Crippen molar-refractivity contribution in [2.75, 3.05) is 18.4 Å². The predicted molar refractivity (Wildman–Crippen MR) is 104 cm³/mol. The summed E-state index contributed by atoms with van der Waals surface area (Å²) in [5, 5.41) is 14.3. The molecule has 2 amide bonds. The van der Waals surface area contributed by atoms with Crippen molar-refractivity contribution in [3.63, 3.8) is 0 Å². The van der Waals surface area contributed by atoms with Crippen LogP contribution in [0, 0.1) is 10.1 Å². The normalized spacial score (nSPS) is 10.3. The van der Waals surface area contributed by atoms with Gasteiger partial charge in [0.25, 0.3) is 11.6 Å². The number of amides is 2. The third-order valence-corrected chi connectivity index (χ3v) is 4.19. The molecule has 7 nitrogen and oxygen atoms in total. The monoisotopic (exact) mass is 409 g/mol. The van der Waals surface area contributed by atoms with Gasteiger partial charge in [-0.1, -0.05) is 36.2 Å². The second kappa shape index (κ2) is 9.34. The first-order valence-electron chi connectivity index (χ1n) is 8.10. The van der Waals surface area contributed by atoms with Gasteiger partial charge in [0.1, 0.15) is 6.54 Å². The van der Waals surface area contributed by atoms with Crippen LogP contribution in [0.15, 0.2) is 42.5 Å². The summed E-state index contributed by atoms with van der Waals surface area (Å²) in [5.74, 6) is -0.917. The molecule has 2 aromatic carbocycles. The standard InChI is InChI=1S/C18H17Cl2N3O4/c1-2-8-22(18(25)12-4-3-5-14(9-12)23(26)27)11-17(24)21-16-10-13(19)6-7-15(16)20/h3-7,9-10H,2,8,11H2,1H3,(H,21,24). The van der Waals surface area contributed by atoms with Gasteiger partial charge in [-0.25, -0.2) is 0 Å². The highest BCUT2D eigenvalue weighted by Crippen LogP contribution is 2.25. The number of anilines is 1. The summed E-state index contributed by atoms with van der Waals surface area (Å²) < 4.78 is 0. The van der Waals surface area contributed by atoms with E-state index in [9.17, 15) is 19.7 Å². The number of carbonyl (C=O) groups excluding carboxylic acids is 2. The van der Waals surface area contributed by atoms with E-state index in [4.69, 9.17) is 23.2 Å². The Hall–Kier alpha value is -2.64. The first-order chi connectivity index (χ1) is 12.8.